The molecule has 20 atom stereocenters. The molecule has 24 nitrogen and oxygen atoms in total. The van der Waals surface area contributed by atoms with Gasteiger partial charge in [0.2, 0.25) is 0 Å². The van der Waals surface area contributed by atoms with Crippen molar-refractivity contribution in [1.82, 2.24) is 0 Å². The molecule has 1 saturated carbocycles. The summed E-state index contributed by atoms with van der Waals surface area (Å²) in [7, 11) is -5.70. The third-order valence-corrected chi connectivity index (χ3v) is 20.8. The molecule has 100 heavy (non-hydrogen) atoms. The van der Waals surface area contributed by atoms with Crippen LogP contribution in [0, 0.1) is 11.8 Å². The molecule has 3 rings (SSSR count). The molecule has 2 aliphatic heterocycles. The molecule has 0 radical (unpaired) electrons. The molecular formula is C75H139O24P. The second kappa shape index (κ2) is 55.2. The quantitative estimate of drug-likeness (QED) is 0.00886. The molecule has 3 fully saturated rings. The van der Waals surface area contributed by atoms with Crippen molar-refractivity contribution in [2.45, 2.75) is 408 Å². The first-order valence-corrected chi connectivity index (χ1v) is 40.8. The van der Waals surface area contributed by atoms with Crippen LogP contribution in [0.15, 0.2) is 12.2 Å². The Morgan fingerprint density at radius 2 is 0.760 bits per heavy atom. The Kier molecular flexibility index (Phi) is 50.7. The summed E-state index contributed by atoms with van der Waals surface area (Å²) in [5.74, 6) is -0.629. The standard InChI is InChI=1S/C75H139O24P/c1-6-9-12-15-18-19-20-21-22-23-24-33-40-47-59(77)91-51-56(94-61(79)49-42-35-28-26-32-39-46-55(5)44-37-30-17-14-11-8-3)52-93-100(89,90)99-73-71(97-74-69(87)64(82)62(80)57(50-76)95-74)67(85)66(84)68(86)72(73)98-75-70(88)65(83)63(81)58(96-75)53-92-60(78)48-41-34-27-25-31-38-45-54(4)43-36-29-16-13-10-7-2/h21-22,54-58,62-76,80-88H,6-20,23-53H2,1-5H3,(H,89,90)/b22-21-. The zero-order chi connectivity index (χ0) is 73.5. The lowest BCUT2D eigenvalue weighted by atomic mass is 9.84. The number of aliphatic hydroxyl groups is 10. The fraction of sp³-hybridized carbons (Fsp3) is 0.933. The Bertz CT molecular complexity index is 2150. The van der Waals surface area contributed by atoms with Crippen LogP contribution in [-0.4, -0.2) is 204 Å². The van der Waals surface area contributed by atoms with Gasteiger partial charge >= 0.3 is 25.7 Å². The Morgan fingerprint density at radius 3 is 1.19 bits per heavy atom. The van der Waals surface area contributed by atoms with E-state index in [0.717, 1.165) is 96.3 Å². The van der Waals surface area contributed by atoms with Crippen LogP contribution in [0.1, 0.15) is 304 Å². The number of phosphoric ester groups is 1. The molecule has 11 N–H and O–H groups in total. The predicted molar refractivity (Wildman–Crippen MR) is 379 cm³/mol. The van der Waals surface area contributed by atoms with Crippen molar-refractivity contribution in [2.75, 3.05) is 26.4 Å². The van der Waals surface area contributed by atoms with Crippen LogP contribution in [0.5, 0.6) is 0 Å². The van der Waals surface area contributed by atoms with Crippen molar-refractivity contribution in [1.29, 1.82) is 0 Å². The van der Waals surface area contributed by atoms with Gasteiger partial charge in [-0.25, -0.2) is 4.57 Å². The maximum absolute atomic E-state index is 14.4. The first-order chi connectivity index (χ1) is 48.1. The molecule has 0 bridgehead atoms. The Morgan fingerprint density at radius 1 is 0.410 bits per heavy atom. The fourth-order valence-electron chi connectivity index (χ4n) is 13.2. The van der Waals surface area contributed by atoms with Crippen molar-refractivity contribution in [3.63, 3.8) is 0 Å². The Balaban J connectivity index is 1.74. The molecule has 3 aliphatic rings. The Labute approximate surface area is 599 Å². The molecule has 2 saturated heterocycles. The molecule has 0 aromatic rings. The van der Waals surface area contributed by atoms with E-state index in [1.807, 2.05) is 0 Å². The van der Waals surface area contributed by atoms with Crippen LogP contribution < -0.4 is 0 Å². The highest BCUT2D eigenvalue weighted by Gasteiger charge is 2.58. The van der Waals surface area contributed by atoms with Crippen LogP contribution in [0.2, 0.25) is 0 Å². The van der Waals surface area contributed by atoms with E-state index >= 15 is 0 Å². The predicted octanol–water partition coefficient (Wildman–Crippen LogP) is 11.2. The number of rotatable bonds is 60. The van der Waals surface area contributed by atoms with E-state index < -0.39 is 156 Å². The topological polar surface area (TPSA) is 374 Å². The third-order valence-electron chi connectivity index (χ3n) is 19.8. The first-order valence-electron chi connectivity index (χ1n) is 39.3. The summed E-state index contributed by atoms with van der Waals surface area (Å²) in [6.07, 6.45) is 11.4. The number of unbranched alkanes of at least 4 members (excludes halogenated alkanes) is 29. The second-order valence-electron chi connectivity index (χ2n) is 29.0. The largest absolute Gasteiger partial charge is 0.472 e. The lowest BCUT2D eigenvalue weighted by Crippen LogP contribution is -2.69. The molecule has 0 aromatic heterocycles. The maximum Gasteiger partial charge on any atom is 0.472 e. The summed E-state index contributed by atoms with van der Waals surface area (Å²) in [6, 6.07) is 0. The maximum atomic E-state index is 14.4. The monoisotopic (exact) mass is 1450 g/mol. The normalized spacial score (nSPS) is 28.0. The molecule has 588 valence electrons. The van der Waals surface area contributed by atoms with Gasteiger partial charge in [-0.15, -0.1) is 0 Å². The molecular weight excluding hydrogens is 1320 g/mol. The number of hydrogen-bond donors (Lipinski definition) is 11. The fourth-order valence-corrected chi connectivity index (χ4v) is 14.2. The van der Waals surface area contributed by atoms with E-state index in [1.54, 1.807) is 0 Å². The van der Waals surface area contributed by atoms with E-state index in [9.17, 15) is 74.9 Å². The minimum atomic E-state index is -5.70. The summed E-state index contributed by atoms with van der Waals surface area (Å²) < 4.78 is 65.2. The van der Waals surface area contributed by atoms with Gasteiger partial charge in [0, 0.05) is 19.3 Å². The van der Waals surface area contributed by atoms with Crippen LogP contribution in [0.3, 0.4) is 0 Å². The summed E-state index contributed by atoms with van der Waals surface area (Å²) in [5.41, 5.74) is 0. The van der Waals surface area contributed by atoms with E-state index in [4.69, 9.17) is 42.2 Å². The summed E-state index contributed by atoms with van der Waals surface area (Å²) in [4.78, 5) is 51.1. The number of allylic oxidation sites excluding steroid dienone is 2. The highest BCUT2D eigenvalue weighted by atomic mass is 31.2. The van der Waals surface area contributed by atoms with Gasteiger partial charge in [-0.2, -0.15) is 0 Å². The van der Waals surface area contributed by atoms with Crippen LogP contribution in [-0.2, 0) is 61.2 Å². The first kappa shape index (κ1) is 91.9. The van der Waals surface area contributed by atoms with Gasteiger partial charge < -0.3 is 89.1 Å². The summed E-state index contributed by atoms with van der Waals surface area (Å²) in [5, 5.41) is 110. The number of carbonyl (C=O) groups excluding carboxylic acids is 3. The zero-order valence-corrected chi connectivity index (χ0v) is 62.7. The molecule has 0 aromatic carbocycles. The van der Waals surface area contributed by atoms with Crippen LogP contribution in [0.25, 0.3) is 0 Å². The van der Waals surface area contributed by atoms with Crippen molar-refractivity contribution in [3.8, 4) is 0 Å². The molecule has 2 heterocycles. The third kappa shape index (κ3) is 38.3. The van der Waals surface area contributed by atoms with Gasteiger partial charge in [0.25, 0.3) is 0 Å². The smallest absolute Gasteiger partial charge is 0.463 e. The molecule has 0 amide bonds. The number of carbonyl (C=O) groups is 3. The highest BCUT2D eigenvalue weighted by molar-refractivity contribution is 7.47. The van der Waals surface area contributed by atoms with Crippen molar-refractivity contribution in [2.24, 2.45) is 11.8 Å². The number of phosphoric acid groups is 1. The van der Waals surface area contributed by atoms with Crippen LogP contribution >= 0.6 is 7.82 Å². The van der Waals surface area contributed by atoms with Crippen molar-refractivity contribution in [3.05, 3.63) is 12.2 Å². The molecule has 1 aliphatic carbocycles. The number of esters is 3. The highest BCUT2D eigenvalue weighted by Crippen LogP contribution is 2.49. The number of hydrogen-bond acceptors (Lipinski definition) is 23. The van der Waals surface area contributed by atoms with E-state index in [0.29, 0.717) is 31.1 Å². The van der Waals surface area contributed by atoms with Gasteiger partial charge in [0.15, 0.2) is 18.7 Å². The Hall–Kier alpha value is -2.30. The average Bonchev–Trinajstić information content (AvgIpc) is 0.765. The SMILES string of the molecule is CCCCCCCC/C=C\CCCCCC(=O)OCC(COP(=O)(O)OC1C(OC2OC(CO)C(O)C(O)C2O)C(O)C(O)C(O)C1OC1OC(COC(=O)CCCCCCCCC(C)CCCCCCCC)C(O)C(O)C1O)OC(=O)CCCCCCCCC(C)CCCCCCCC. The van der Waals surface area contributed by atoms with E-state index in [2.05, 4.69) is 46.8 Å². The second-order valence-corrected chi connectivity index (χ2v) is 30.4. The summed E-state index contributed by atoms with van der Waals surface area (Å²) >= 11 is 0. The van der Waals surface area contributed by atoms with Gasteiger partial charge in [0.05, 0.1) is 13.2 Å². The number of ether oxygens (including phenoxy) is 7. The summed E-state index contributed by atoms with van der Waals surface area (Å²) in [6.45, 7) is 8.07. The van der Waals surface area contributed by atoms with Gasteiger partial charge in [-0.1, -0.05) is 252 Å². The lowest BCUT2D eigenvalue weighted by Gasteiger charge is -2.49. The van der Waals surface area contributed by atoms with Gasteiger partial charge in [0.1, 0.15) is 98.7 Å². The minimum Gasteiger partial charge on any atom is -0.463 e. The molecule has 0 spiro atoms. The molecule has 20 unspecified atom stereocenters. The molecule has 25 heteroatoms. The lowest BCUT2D eigenvalue weighted by molar-refractivity contribution is -0.360. The van der Waals surface area contributed by atoms with Crippen LogP contribution in [0.4, 0.5) is 0 Å². The minimum absolute atomic E-state index is 0.0263. The van der Waals surface area contributed by atoms with Crippen molar-refractivity contribution < 1.29 is 117 Å². The number of aliphatic hydroxyl groups excluding tert-OH is 10. The van der Waals surface area contributed by atoms with Gasteiger partial charge in [-0.3, -0.25) is 23.4 Å². The zero-order valence-electron chi connectivity index (χ0n) is 61.8. The van der Waals surface area contributed by atoms with Gasteiger partial charge in [-0.05, 0) is 56.8 Å². The van der Waals surface area contributed by atoms with E-state index in [1.165, 1.54) is 135 Å². The van der Waals surface area contributed by atoms with Crippen molar-refractivity contribution >= 4 is 25.7 Å². The van der Waals surface area contributed by atoms with E-state index in [-0.39, 0.29) is 19.3 Å². The average molecular weight is 1460 g/mol.